The Hall–Kier alpha value is -2.85. The molecule has 150 valence electrons. The van der Waals surface area contributed by atoms with E-state index in [2.05, 4.69) is 20.6 Å². The fraction of sp³-hybridized carbons (Fsp3) is 0.158. The number of aromatic nitrogens is 2. The summed E-state index contributed by atoms with van der Waals surface area (Å²) in [4.78, 5) is 34.4. The third-order valence-corrected chi connectivity index (χ3v) is 5.38. The molecule has 0 spiro atoms. The van der Waals surface area contributed by atoms with Gasteiger partial charge in [0.05, 0.1) is 22.7 Å². The Morgan fingerprint density at radius 1 is 1.17 bits per heavy atom. The zero-order chi connectivity index (χ0) is 21.0. The molecule has 3 aromatic rings. The molecule has 0 aliphatic carbocycles. The number of rotatable bonds is 6. The van der Waals surface area contributed by atoms with E-state index in [1.807, 2.05) is 17.5 Å². The van der Waals surface area contributed by atoms with Gasteiger partial charge in [-0.3, -0.25) is 9.59 Å². The smallest absolute Gasteiger partial charge is 0.256 e. The van der Waals surface area contributed by atoms with Crippen LogP contribution in [0, 0.1) is 18.6 Å². The number of nitrogens with one attached hydrogen (secondary N) is 2. The molecule has 10 heteroatoms. The van der Waals surface area contributed by atoms with Crippen LogP contribution in [0.2, 0.25) is 0 Å². The first-order valence-corrected chi connectivity index (χ1v) is 10.5. The number of hydrogen-bond donors (Lipinski definition) is 2. The Bertz CT molecular complexity index is 1060. The van der Waals surface area contributed by atoms with Gasteiger partial charge in [0.2, 0.25) is 5.91 Å². The number of thioether (sulfide) groups is 1. The molecular weight excluding hydrogens is 418 g/mol. The quantitative estimate of drug-likeness (QED) is 0.454. The van der Waals surface area contributed by atoms with Gasteiger partial charge in [0.25, 0.3) is 5.91 Å². The maximum absolute atomic E-state index is 13.2. The predicted octanol–water partition coefficient (Wildman–Crippen LogP) is 3.88. The molecule has 0 radical (unpaired) electrons. The fourth-order valence-electron chi connectivity index (χ4n) is 2.50. The van der Waals surface area contributed by atoms with E-state index < -0.39 is 23.4 Å². The number of thiophene rings is 1. The van der Waals surface area contributed by atoms with Crippen LogP contribution in [0.1, 0.15) is 16.1 Å². The van der Waals surface area contributed by atoms with Crippen molar-refractivity contribution in [3.63, 3.8) is 0 Å². The molecule has 0 saturated carbocycles. The molecule has 2 N–H and O–H groups in total. The van der Waals surface area contributed by atoms with Crippen LogP contribution in [-0.2, 0) is 4.79 Å². The second-order valence-electron chi connectivity index (χ2n) is 5.85. The van der Waals surface area contributed by atoms with Crippen LogP contribution in [-0.4, -0.2) is 34.6 Å². The van der Waals surface area contributed by atoms with Crippen LogP contribution in [0.3, 0.4) is 0 Å². The van der Waals surface area contributed by atoms with Gasteiger partial charge < -0.3 is 10.6 Å². The minimum atomic E-state index is -1.07. The summed E-state index contributed by atoms with van der Waals surface area (Å²) in [5.74, 6) is -2.62. The fourth-order valence-corrected chi connectivity index (χ4v) is 3.78. The van der Waals surface area contributed by atoms with Crippen molar-refractivity contribution >= 4 is 40.6 Å². The summed E-state index contributed by atoms with van der Waals surface area (Å²) in [6.45, 7) is 1.35. The Labute approximate surface area is 173 Å². The average Bonchev–Trinajstić information content (AvgIpc) is 3.23. The number of benzene rings is 1. The molecule has 0 fully saturated rings. The van der Waals surface area contributed by atoms with Crippen molar-refractivity contribution in [2.24, 2.45) is 0 Å². The summed E-state index contributed by atoms with van der Waals surface area (Å²) in [5, 5.41) is 7.31. The summed E-state index contributed by atoms with van der Waals surface area (Å²) >= 11 is 2.80. The summed E-state index contributed by atoms with van der Waals surface area (Å²) in [6.07, 6.45) is 1.80. The Kier molecular flexibility index (Phi) is 6.55. The van der Waals surface area contributed by atoms with E-state index in [9.17, 15) is 18.4 Å². The summed E-state index contributed by atoms with van der Waals surface area (Å²) in [6, 6.07) is 6.78. The molecule has 1 aromatic carbocycles. The van der Waals surface area contributed by atoms with Crippen molar-refractivity contribution < 1.29 is 18.4 Å². The van der Waals surface area contributed by atoms with Gasteiger partial charge in [-0.15, -0.1) is 23.1 Å². The van der Waals surface area contributed by atoms with Gasteiger partial charge >= 0.3 is 0 Å². The Balaban J connectivity index is 1.70. The van der Waals surface area contributed by atoms with Crippen molar-refractivity contribution in [2.45, 2.75) is 11.9 Å². The van der Waals surface area contributed by atoms with Gasteiger partial charge in [0.15, 0.2) is 17.5 Å². The van der Waals surface area contributed by atoms with Crippen LogP contribution in [0.15, 0.2) is 40.7 Å². The first-order chi connectivity index (χ1) is 13.9. The van der Waals surface area contributed by atoms with Gasteiger partial charge in [-0.25, -0.2) is 18.7 Å². The minimum Gasteiger partial charge on any atom is -0.343 e. The monoisotopic (exact) mass is 434 g/mol. The van der Waals surface area contributed by atoms with Crippen molar-refractivity contribution in [3.05, 3.63) is 58.6 Å². The van der Waals surface area contributed by atoms with Crippen LogP contribution in [0.5, 0.6) is 0 Å². The van der Waals surface area contributed by atoms with E-state index in [1.165, 1.54) is 29.2 Å². The molecule has 0 atom stereocenters. The molecule has 0 unspecified atom stereocenters. The van der Waals surface area contributed by atoms with Gasteiger partial charge in [-0.1, -0.05) is 6.07 Å². The number of hydrogen-bond acceptors (Lipinski definition) is 6. The van der Waals surface area contributed by atoms with Crippen LogP contribution >= 0.6 is 23.1 Å². The Morgan fingerprint density at radius 3 is 2.62 bits per heavy atom. The van der Waals surface area contributed by atoms with Gasteiger partial charge in [0, 0.05) is 11.8 Å². The lowest BCUT2D eigenvalue weighted by molar-refractivity contribution is -0.115. The van der Waals surface area contributed by atoms with E-state index in [-0.39, 0.29) is 12.2 Å². The molecule has 2 heterocycles. The number of aryl methyl sites for hydroxylation is 1. The van der Waals surface area contributed by atoms with E-state index in [4.69, 9.17) is 0 Å². The summed E-state index contributed by atoms with van der Waals surface area (Å²) in [5.41, 5.74) is 0.873. The van der Waals surface area contributed by atoms with Crippen molar-refractivity contribution in [1.82, 2.24) is 15.3 Å². The number of anilines is 1. The molecule has 0 aliphatic rings. The zero-order valence-corrected chi connectivity index (χ0v) is 17.1. The normalized spacial score (nSPS) is 10.6. The maximum atomic E-state index is 13.2. The highest BCUT2D eigenvalue weighted by Gasteiger charge is 2.20. The average molecular weight is 434 g/mol. The van der Waals surface area contributed by atoms with E-state index >= 15 is 0 Å². The molecule has 6 nitrogen and oxygen atoms in total. The van der Waals surface area contributed by atoms with E-state index in [0.717, 1.165) is 17.0 Å². The number of carbonyl (C=O) groups excluding carboxylic acids is 2. The highest BCUT2D eigenvalue weighted by Crippen LogP contribution is 2.27. The molecule has 0 bridgehead atoms. The SMILES string of the molecule is CSc1nc(-c2cccs2)nc(C)c1C(=O)NCC(=O)Nc1ccc(F)c(F)c1. The van der Waals surface area contributed by atoms with Gasteiger partial charge in [-0.2, -0.15) is 0 Å². The molecule has 0 aliphatic heterocycles. The third kappa shape index (κ3) is 4.96. The largest absolute Gasteiger partial charge is 0.343 e. The third-order valence-electron chi connectivity index (χ3n) is 3.83. The second-order valence-corrected chi connectivity index (χ2v) is 7.60. The van der Waals surface area contributed by atoms with Crippen molar-refractivity contribution in [1.29, 1.82) is 0 Å². The number of nitrogens with zero attached hydrogens (tertiary/aromatic N) is 2. The van der Waals surface area contributed by atoms with Crippen molar-refractivity contribution in [3.8, 4) is 10.7 Å². The molecule has 29 heavy (non-hydrogen) atoms. The van der Waals surface area contributed by atoms with E-state index in [0.29, 0.717) is 22.1 Å². The topological polar surface area (TPSA) is 84.0 Å². The lowest BCUT2D eigenvalue weighted by Crippen LogP contribution is -2.33. The molecule has 3 rings (SSSR count). The highest BCUT2D eigenvalue weighted by atomic mass is 32.2. The van der Waals surface area contributed by atoms with Crippen LogP contribution < -0.4 is 10.6 Å². The standard InChI is InChI=1S/C19H16F2N4O2S2/c1-10-16(19(28-2)25-17(23-10)14-4-3-7-29-14)18(27)22-9-15(26)24-11-5-6-12(20)13(21)8-11/h3-8H,9H2,1-2H3,(H,22,27)(H,24,26). The Morgan fingerprint density at radius 2 is 1.97 bits per heavy atom. The summed E-state index contributed by atoms with van der Waals surface area (Å²) < 4.78 is 26.2. The van der Waals surface area contributed by atoms with Gasteiger partial charge in [-0.05, 0) is 36.8 Å². The van der Waals surface area contributed by atoms with Gasteiger partial charge in [0.1, 0.15) is 5.03 Å². The number of carbonyl (C=O) groups is 2. The zero-order valence-electron chi connectivity index (χ0n) is 15.5. The first-order valence-electron chi connectivity index (χ1n) is 8.38. The molecule has 2 aromatic heterocycles. The van der Waals surface area contributed by atoms with Crippen LogP contribution in [0.25, 0.3) is 10.7 Å². The highest BCUT2D eigenvalue weighted by molar-refractivity contribution is 7.98. The predicted molar refractivity (Wildman–Crippen MR) is 109 cm³/mol. The molecule has 0 saturated heterocycles. The lowest BCUT2D eigenvalue weighted by atomic mass is 10.2. The minimum absolute atomic E-state index is 0.0905. The number of halogens is 2. The molecule has 2 amide bonds. The van der Waals surface area contributed by atoms with E-state index in [1.54, 1.807) is 13.2 Å². The maximum Gasteiger partial charge on any atom is 0.256 e. The van der Waals surface area contributed by atoms with Crippen LogP contribution in [0.4, 0.5) is 14.5 Å². The van der Waals surface area contributed by atoms with Crippen molar-refractivity contribution in [2.75, 3.05) is 18.1 Å². The number of amides is 2. The summed E-state index contributed by atoms with van der Waals surface area (Å²) in [7, 11) is 0. The lowest BCUT2D eigenvalue weighted by Gasteiger charge is -2.12. The first kappa shape index (κ1) is 20.9. The second kappa shape index (κ2) is 9.10. The molecular formula is C19H16F2N4O2S2.